The van der Waals surface area contributed by atoms with E-state index in [-0.39, 0.29) is 11.9 Å². The predicted molar refractivity (Wildman–Crippen MR) is 117 cm³/mol. The molecule has 0 aromatic heterocycles. The molecule has 0 aliphatic carbocycles. The Labute approximate surface area is 182 Å². The number of carbonyl (C=O) groups excluding carboxylic acids is 1. The number of nitrogens with zero attached hydrogens (tertiary/aromatic N) is 2. The van der Waals surface area contributed by atoms with E-state index in [1.54, 1.807) is 26.4 Å². The van der Waals surface area contributed by atoms with Crippen molar-refractivity contribution in [3.63, 3.8) is 0 Å². The monoisotopic (exact) mass is 427 g/mol. The largest absolute Gasteiger partial charge is 0.493 e. The standard InChI is InChI=1S/C23H29N3O5/c1-16(23(27)24-18-5-7-19(28-2)21(13-18)29-3)26-10-8-25(9-11-26)14-17-4-6-20-22(12-17)31-15-30-20/h4-7,12-13,16H,8-11,14-15H2,1-3H3,(H,24,27)/t16-/m1/s1. The number of amides is 1. The van der Waals surface area contributed by atoms with Crippen molar-refractivity contribution in [2.24, 2.45) is 0 Å². The summed E-state index contributed by atoms with van der Waals surface area (Å²) in [7, 11) is 3.17. The predicted octanol–water partition coefficient (Wildman–Crippen LogP) is 2.58. The van der Waals surface area contributed by atoms with E-state index in [0.29, 0.717) is 24.0 Å². The number of hydrogen-bond acceptors (Lipinski definition) is 7. The number of fused-ring (bicyclic) bond motifs is 1. The highest BCUT2D eigenvalue weighted by Gasteiger charge is 2.26. The Kier molecular flexibility index (Phi) is 6.48. The van der Waals surface area contributed by atoms with Crippen molar-refractivity contribution < 1.29 is 23.7 Å². The number of methoxy groups -OCH3 is 2. The zero-order chi connectivity index (χ0) is 21.8. The zero-order valence-corrected chi connectivity index (χ0v) is 18.2. The number of benzene rings is 2. The molecule has 1 N–H and O–H groups in total. The minimum Gasteiger partial charge on any atom is -0.493 e. The highest BCUT2D eigenvalue weighted by molar-refractivity contribution is 5.94. The van der Waals surface area contributed by atoms with Crippen LogP contribution in [-0.4, -0.2) is 68.9 Å². The summed E-state index contributed by atoms with van der Waals surface area (Å²) in [6.45, 7) is 6.59. The van der Waals surface area contributed by atoms with Crippen LogP contribution in [-0.2, 0) is 11.3 Å². The number of ether oxygens (including phenoxy) is 4. The molecule has 1 atom stereocenters. The van der Waals surface area contributed by atoms with Crippen LogP contribution in [0.15, 0.2) is 36.4 Å². The first-order valence-corrected chi connectivity index (χ1v) is 10.4. The third kappa shape index (κ3) is 4.86. The number of hydrogen-bond donors (Lipinski definition) is 1. The number of carbonyl (C=O) groups is 1. The maximum atomic E-state index is 12.8. The van der Waals surface area contributed by atoms with Crippen molar-refractivity contribution in [1.82, 2.24) is 9.80 Å². The summed E-state index contributed by atoms with van der Waals surface area (Å²) < 4.78 is 21.4. The van der Waals surface area contributed by atoms with Gasteiger partial charge in [0.1, 0.15) is 0 Å². The smallest absolute Gasteiger partial charge is 0.241 e. The molecule has 1 saturated heterocycles. The van der Waals surface area contributed by atoms with Gasteiger partial charge in [0.15, 0.2) is 23.0 Å². The Hall–Kier alpha value is -2.97. The summed E-state index contributed by atoms with van der Waals surface area (Å²) in [6.07, 6.45) is 0. The molecule has 2 aromatic carbocycles. The van der Waals surface area contributed by atoms with Gasteiger partial charge in [0.2, 0.25) is 12.7 Å². The van der Waals surface area contributed by atoms with Gasteiger partial charge in [-0.3, -0.25) is 14.6 Å². The molecule has 2 heterocycles. The highest BCUT2D eigenvalue weighted by Crippen LogP contribution is 2.33. The topological polar surface area (TPSA) is 72.5 Å². The summed E-state index contributed by atoms with van der Waals surface area (Å²) in [6, 6.07) is 11.2. The molecule has 8 nitrogen and oxygen atoms in total. The first kappa shape index (κ1) is 21.3. The summed E-state index contributed by atoms with van der Waals surface area (Å²) in [5.74, 6) is 2.81. The van der Waals surface area contributed by atoms with E-state index in [1.807, 2.05) is 25.1 Å². The second-order valence-electron chi connectivity index (χ2n) is 7.73. The fraction of sp³-hybridized carbons (Fsp3) is 0.435. The number of nitrogens with one attached hydrogen (secondary N) is 1. The quantitative estimate of drug-likeness (QED) is 0.728. The summed E-state index contributed by atoms with van der Waals surface area (Å²) in [5.41, 5.74) is 1.90. The van der Waals surface area contributed by atoms with Crippen LogP contribution < -0.4 is 24.3 Å². The van der Waals surface area contributed by atoms with Crippen LogP contribution in [0.4, 0.5) is 5.69 Å². The molecule has 0 unspecified atom stereocenters. The van der Waals surface area contributed by atoms with E-state index in [1.165, 1.54) is 5.56 Å². The average molecular weight is 428 g/mol. The van der Waals surface area contributed by atoms with Crippen molar-refractivity contribution in [2.75, 3.05) is 52.5 Å². The molecule has 0 spiro atoms. The number of piperazine rings is 1. The second kappa shape index (κ2) is 9.45. The maximum Gasteiger partial charge on any atom is 0.241 e. The molecule has 166 valence electrons. The van der Waals surface area contributed by atoms with Gasteiger partial charge in [-0.15, -0.1) is 0 Å². The van der Waals surface area contributed by atoms with Gasteiger partial charge in [0.05, 0.1) is 20.3 Å². The fourth-order valence-electron chi connectivity index (χ4n) is 3.93. The zero-order valence-electron chi connectivity index (χ0n) is 18.2. The minimum atomic E-state index is -0.221. The van der Waals surface area contributed by atoms with Gasteiger partial charge in [-0.2, -0.15) is 0 Å². The highest BCUT2D eigenvalue weighted by atomic mass is 16.7. The fourth-order valence-corrected chi connectivity index (χ4v) is 3.93. The molecule has 2 aliphatic rings. The summed E-state index contributed by atoms with van der Waals surface area (Å²) >= 11 is 0. The average Bonchev–Trinajstić information content (AvgIpc) is 3.27. The Morgan fingerprint density at radius 2 is 1.74 bits per heavy atom. The molecular formula is C23H29N3O5. The lowest BCUT2D eigenvalue weighted by Gasteiger charge is -2.37. The molecule has 4 rings (SSSR count). The Bertz CT molecular complexity index is 927. The van der Waals surface area contributed by atoms with Crippen LogP contribution >= 0.6 is 0 Å². The molecule has 8 heteroatoms. The van der Waals surface area contributed by atoms with Gasteiger partial charge in [-0.05, 0) is 36.8 Å². The summed E-state index contributed by atoms with van der Waals surface area (Å²) in [5, 5.41) is 2.98. The minimum absolute atomic E-state index is 0.0311. The molecule has 0 saturated carbocycles. The van der Waals surface area contributed by atoms with E-state index in [0.717, 1.165) is 44.2 Å². The molecule has 31 heavy (non-hydrogen) atoms. The first-order chi connectivity index (χ1) is 15.1. The lowest BCUT2D eigenvalue weighted by atomic mass is 10.1. The number of rotatable bonds is 7. The summed E-state index contributed by atoms with van der Waals surface area (Å²) in [4.78, 5) is 17.4. The molecule has 0 bridgehead atoms. The van der Waals surface area contributed by atoms with Crippen molar-refractivity contribution in [3.05, 3.63) is 42.0 Å². The first-order valence-electron chi connectivity index (χ1n) is 10.4. The van der Waals surface area contributed by atoms with Crippen LogP contribution in [0.3, 0.4) is 0 Å². The maximum absolute atomic E-state index is 12.8. The van der Waals surface area contributed by atoms with Gasteiger partial charge < -0.3 is 24.3 Å². The molecular weight excluding hydrogens is 398 g/mol. The van der Waals surface area contributed by atoms with E-state index in [2.05, 4.69) is 21.2 Å². The Morgan fingerprint density at radius 3 is 2.48 bits per heavy atom. The molecule has 1 fully saturated rings. The molecule has 1 amide bonds. The van der Waals surface area contributed by atoms with E-state index >= 15 is 0 Å². The van der Waals surface area contributed by atoms with Crippen LogP contribution in [0.1, 0.15) is 12.5 Å². The Balaban J connectivity index is 1.28. The van der Waals surface area contributed by atoms with Gasteiger partial charge in [0, 0.05) is 44.5 Å². The lowest BCUT2D eigenvalue weighted by Crippen LogP contribution is -2.52. The van der Waals surface area contributed by atoms with Gasteiger partial charge in [0.25, 0.3) is 0 Å². The number of anilines is 1. The molecule has 2 aromatic rings. The van der Waals surface area contributed by atoms with Crippen molar-refractivity contribution in [1.29, 1.82) is 0 Å². The van der Waals surface area contributed by atoms with Crippen LogP contribution in [0.25, 0.3) is 0 Å². The normalized spacial score (nSPS) is 17.3. The van der Waals surface area contributed by atoms with Gasteiger partial charge in [-0.1, -0.05) is 6.07 Å². The van der Waals surface area contributed by atoms with Gasteiger partial charge >= 0.3 is 0 Å². The van der Waals surface area contributed by atoms with E-state index in [9.17, 15) is 4.79 Å². The molecule has 2 aliphatic heterocycles. The van der Waals surface area contributed by atoms with Crippen LogP contribution in [0.2, 0.25) is 0 Å². The van der Waals surface area contributed by atoms with Crippen molar-refractivity contribution in [3.8, 4) is 23.0 Å². The van der Waals surface area contributed by atoms with Crippen LogP contribution in [0, 0.1) is 0 Å². The molecule has 0 radical (unpaired) electrons. The third-order valence-corrected chi connectivity index (χ3v) is 5.83. The van der Waals surface area contributed by atoms with Gasteiger partial charge in [-0.25, -0.2) is 0 Å². The second-order valence-corrected chi connectivity index (χ2v) is 7.73. The Morgan fingerprint density at radius 1 is 1.00 bits per heavy atom. The van der Waals surface area contributed by atoms with Crippen LogP contribution in [0.5, 0.6) is 23.0 Å². The third-order valence-electron chi connectivity index (χ3n) is 5.83. The SMILES string of the molecule is COc1ccc(NC(=O)[C@@H](C)N2CCN(Cc3ccc4c(c3)OCO4)CC2)cc1OC. The lowest BCUT2D eigenvalue weighted by molar-refractivity contribution is -0.121. The van der Waals surface area contributed by atoms with E-state index in [4.69, 9.17) is 18.9 Å². The van der Waals surface area contributed by atoms with E-state index < -0.39 is 0 Å². The van der Waals surface area contributed by atoms with Crippen molar-refractivity contribution >= 4 is 11.6 Å². The van der Waals surface area contributed by atoms with Crippen molar-refractivity contribution in [2.45, 2.75) is 19.5 Å².